The van der Waals surface area contributed by atoms with Crippen molar-refractivity contribution in [2.45, 2.75) is 81.8 Å². The molecule has 0 saturated heterocycles. The molecule has 2 aromatic rings. The number of hydrogen-bond donors (Lipinski definition) is 2. The van der Waals surface area contributed by atoms with Crippen LogP contribution in [0.25, 0.3) is 10.2 Å². The Hall–Kier alpha value is -1.34. The predicted molar refractivity (Wildman–Crippen MR) is 113 cm³/mol. The zero-order valence-electron chi connectivity index (χ0n) is 15.8. The summed E-state index contributed by atoms with van der Waals surface area (Å²) >= 11 is 3.21. The van der Waals surface area contributed by atoms with Crippen LogP contribution in [0.2, 0.25) is 0 Å². The summed E-state index contributed by atoms with van der Waals surface area (Å²) in [6.07, 6.45) is 10.3. The van der Waals surface area contributed by atoms with Gasteiger partial charge in [0.15, 0.2) is 0 Å². The summed E-state index contributed by atoms with van der Waals surface area (Å²) in [5.41, 5.74) is 1.20. The van der Waals surface area contributed by atoms with Crippen LogP contribution in [-0.4, -0.2) is 27.2 Å². The van der Waals surface area contributed by atoms with Gasteiger partial charge in [-0.25, -0.2) is 4.98 Å². The van der Waals surface area contributed by atoms with E-state index in [0.29, 0.717) is 17.6 Å². The Morgan fingerprint density at radius 2 is 2.04 bits per heavy atom. The molecule has 1 saturated carbocycles. The molecule has 4 rings (SSSR count). The Kier molecular flexibility index (Phi) is 5.88. The van der Waals surface area contributed by atoms with Crippen molar-refractivity contribution >= 4 is 39.2 Å². The second-order valence-corrected chi connectivity index (χ2v) is 10.1. The number of thioether (sulfide) groups is 1. The highest BCUT2D eigenvalue weighted by Crippen LogP contribution is 2.33. The number of aromatic amines is 1. The first kappa shape index (κ1) is 19.0. The van der Waals surface area contributed by atoms with Crippen LogP contribution in [-0.2, 0) is 23.4 Å². The topological polar surface area (TPSA) is 74.8 Å². The van der Waals surface area contributed by atoms with E-state index in [1.807, 2.05) is 6.92 Å². The van der Waals surface area contributed by atoms with Gasteiger partial charge in [0.2, 0.25) is 5.91 Å². The number of rotatable bonds is 5. The number of nitrogens with zero attached hydrogens (tertiary/aromatic N) is 1. The molecule has 2 aromatic heterocycles. The summed E-state index contributed by atoms with van der Waals surface area (Å²) in [4.78, 5) is 34.9. The van der Waals surface area contributed by atoms with Crippen molar-refractivity contribution in [3.8, 4) is 0 Å². The summed E-state index contributed by atoms with van der Waals surface area (Å²) in [5.74, 6) is 1.32. The quantitative estimate of drug-likeness (QED) is 0.790. The van der Waals surface area contributed by atoms with Crippen LogP contribution in [0.4, 0.5) is 0 Å². The molecule has 2 heterocycles. The molecule has 146 valence electrons. The Morgan fingerprint density at radius 1 is 1.26 bits per heavy atom. The zero-order chi connectivity index (χ0) is 18.8. The molecule has 1 fully saturated rings. The lowest BCUT2D eigenvalue weighted by atomic mass is 9.95. The normalized spacial score (nSPS) is 19.0. The van der Waals surface area contributed by atoms with Crippen molar-refractivity contribution in [1.82, 2.24) is 15.3 Å². The zero-order valence-corrected chi connectivity index (χ0v) is 17.4. The molecule has 0 spiro atoms. The molecule has 2 aliphatic rings. The van der Waals surface area contributed by atoms with Crippen molar-refractivity contribution in [1.29, 1.82) is 0 Å². The third-order valence-electron chi connectivity index (χ3n) is 5.66. The molecular weight excluding hydrogens is 378 g/mol. The van der Waals surface area contributed by atoms with Gasteiger partial charge in [0, 0.05) is 10.9 Å². The van der Waals surface area contributed by atoms with Gasteiger partial charge in [0.05, 0.1) is 16.4 Å². The number of carbonyl (C=O) groups is 1. The minimum absolute atomic E-state index is 0.0192. The summed E-state index contributed by atoms with van der Waals surface area (Å²) < 4.78 is 0. The van der Waals surface area contributed by atoms with Crippen LogP contribution in [0.5, 0.6) is 0 Å². The average molecular weight is 406 g/mol. The van der Waals surface area contributed by atoms with Gasteiger partial charge in [-0.15, -0.1) is 23.1 Å². The average Bonchev–Trinajstić information content (AvgIpc) is 3.05. The van der Waals surface area contributed by atoms with E-state index in [0.717, 1.165) is 42.3 Å². The van der Waals surface area contributed by atoms with E-state index in [9.17, 15) is 9.59 Å². The van der Waals surface area contributed by atoms with Crippen LogP contribution >= 0.6 is 23.1 Å². The number of hydrogen-bond acceptors (Lipinski definition) is 5. The number of aryl methyl sites for hydroxylation is 2. The highest BCUT2D eigenvalue weighted by Gasteiger charge is 2.22. The number of aromatic nitrogens is 2. The molecule has 7 heteroatoms. The fraction of sp³-hybridized carbons (Fsp3) is 0.650. The summed E-state index contributed by atoms with van der Waals surface area (Å²) in [7, 11) is 0. The molecule has 27 heavy (non-hydrogen) atoms. The molecule has 1 amide bonds. The third kappa shape index (κ3) is 4.24. The maximum Gasteiger partial charge on any atom is 0.259 e. The maximum absolute atomic E-state index is 12.6. The highest BCUT2D eigenvalue weighted by atomic mass is 32.2. The van der Waals surface area contributed by atoms with E-state index in [1.165, 1.54) is 47.9 Å². The van der Waals surface area contributed by atoms with Gasteiger partial charge in [0.1, 0.15) is 10.7 Å². The van der Waals surface area contributed by atoms with Crippen LogP contribution in [0.3, 0.4) is 0 Å². The molecule has 0 bridgehead atoms. The Morgan fingerprint density at radius 3 is 2.85 bits per heavy atom. The molecule has 0 radical (unpaired) electrons. The van der Waals surface area contributed by atoms with Gasteiger partial charge < -0.3 is 10.3 Å². The van der Waals surface area contributed by atoms with Crippen molar-refractivity contribution in [2.24, 2.45) is 0 Å². The van der Waals surface area contributed by atoms with E-state index < -0.39 is 0 Å². The number of carbonyl (C=O) groups excluding carboxylic acids is 1. The first-order valence-corrected chi connectivity index (χ1v) is 11.9. The first-order valence-electron chi connectivity index (χ1n) is 10.1. The number of fused-ring (bicyclic) bond motifs is 3. The fourth-order valence-corrected chi connectivity index (χ4v) is 6.17. The van der Waals surface area contributed by atoms with Gasteiger partial charge in [-0.2, -0.15) is 0 Å². The predicted octanol–water partition coefficient (Wildman–Crippen LogP) is 3.93. The first-order chi connectivity index (χ1) is 13.1. The van der Waals surface area contributed by atoms with Gasteiger partial charge in [-0.05, 0) is 51.0 Å². The number of H-pyrrole nitrogens is 1. The second-order valence-electron chi connectivity index (χ2n) is 7.70. The third-order valence-corrected chi connectivity index (χ3v) is 8.00. The summed E-state index contributed by atoms with van der Waals surface area (Å²) in [6, 6.07) is 0.334. The Bertz CT molecular complexity index is 883. The van der Waals surface area contributed by atoms with E-state index in [1.54, 1.807) is 11.3 Å². The monoisotopic (exact) mass is 405 g/mol. The number of amides is 1. The molecule has 5 nitrogen and oxygen atoms in total. The molecule has 0 aromatic carbocycles. The second kappa shape index (κ2) is 8.35. The number of thiophene rings is 1. The van der Waals surface area contributed by atoms with E-state index in [4.69, 9.17) is 4.98 Å². The van der Waals surface area contributed by atoms with Gasteiger partial charge in [-0.1, -0.05) is 19.3 Å². The van der Waals surface area contributed by atoms with Crippen molar-refractivity contribution in [3.63, 3.8) is 0 Å². The number of nitrogens with one attached hydrogen (secondary N) is 2. The van der Waals surface area contributed by atoms with Crippen molar-refractivity contribution < 1.29 is 4.79 Å². The van der Waals surface area contributed by atoms with Crippen LogP contribution in [0.1, 0.15) is 68.1 Å². The summed E-state index contributed by atoms with van der Waals surface area (Å²) in [6.45, 7) is 1.93. The molecule has 0 aliphatic heterocycles. The van der Waals surface area contributed by atoms with Crippen LogP contribution in [0, 0.1) is 0 Å². The molecule has 1 atom stereocenters. The van der Waals surface area contributed by atoms with E-state index in [-0.39, 0.29) is 16.7 Å². The lowest BCUT2D eigenvalue weighted by Crippen LogP contribution is -2.40. The molecule has 2 N–H and O–H groups in total. The lowest BCUT2D eigenvalue weighted by Gasteiger charge is -2.24. The highest BCUT2D eigenvalue weighted by molar-refractivity contribution is 7.99. The van der Waals surface area contributed by atoms with Crippen molar-refractivity contribution in [3.05, 3.63) is 26.6 Å². The van der Waals surface area contributed by atoms with E-state index >= 15 is 0 Å². The smallest absolute Gasteiger partial charge is 0.259 e. The van der Waals surface area contributed by atoms with Gasteiger partial charge >= 0.3 is 0 Å². The SMILES string of the molecule is CC(SCc1nc2sc3c(c2c(=O)[nH]1)CCCC3)C(=O)NC1CCCCC1. The molecular formula is C20H27N3O2S2. The maximum atomic E-state index is 12.6. The Balaban J connectivity index is 1.41. The fourth-order valence-electron chi connectivity index (χ4n) is 4.12. The van der Waals surface area contributed by atoms with E-state index in [2.05, 4.69) is 10.3 Å². The summed E-state index contributed by atoms with van der Waals surface area (Å²) in [5, 5.41) is 3.83. The van der Waals surface area contributed by atoms with Gasteiger partial charge in [0.25, 0.3) is 5.56 Å². The van der Waals surface area contributed by atoms with Crippen LogP contribution in [0.15, 0.2) is 4.79 Å². The lowest BCUT2D eigenvalue weighted by molar-refractivity contribution is -0.121. The Labute approximate surface area is 167 Å². The standard InChI is InChI=1S/C20H27N3O2S2/c1-12(18(24)21-13-7-3-2-4-8-13)26-11-16-22-19(25)17-14-9-5-6-10-15(14)27-20(17)23-16/h12-13H,2-11H2,1H3,(H,21,24)(H,22,23,25). The molecule has 2 aliphatic carbocycles. The molecule has 1 unspecified atom stereocenters. The minimum atomic E-state index is -0.149. The van der Waals surface area contributed by atoms with Crippen molar-refractivity contribution in [2.75, 3.05) is 0 Å². The minimum Gasteiger partial charge on any atom is -0.352 e. The van der Waals surface area contributed by atoms with Crippen LogP contribution < -0.4 is 10.9 Å². The largest absolute Gasteiger partial charge is 0.352 e. The van der Waals surface area contributed by atoms with Gasteiger partial charge in [-0.3, -0.25) is 9.59 Å².